The Morgan fingerprint density at radius 3 is 2.41 bits per heavy atom. The maximum atomic E-state index is 11.7. The highest BCUT2D eigenvalue weighted by atomic mass is 16.6. The zero-order valence-corrected chi connectivity index (χ0v) is 10.4. The van der Waals surface area contributed by atoms with E-state index in [0.717, 1.165) is 5.56 Å². The fourth-order valence-electron chi connectivity index (χ4n) is 1.74. The molecule has 17 heavy (non-hydrogen) atoms. The van der Waals surface area contributed by atoms with E-state index in [2.05, 4.69) is 5.32 Å². The molecule has 1 unspecified atom stereocenters. The number of esters is 1. The second kappa shape index (κ2) is 4.24. The number of rotatable bonds is 1. The highest BCUT2D eigenvalue weighted by Gasteiger charge is 2.38. The van der Waals surface area contributed by atoms with Gasteiger partial charge >= 0.3 is 5.97 Å². The van der Waals surface area contributed by atoms with Crippen molar-refractivity contribution in [2.75, 3.05) is 0 Å². The topological polar surface area (TPSA) is 38.3 Å². The minimum atomic E-state index is -0.280. The van der Waals surface area contributed by atoms with Crippen LogP contribution in [0.2, 0.25) is 0 Å². The number of carbonyl (C=O) groups is 1. The van der Waals surface area contributed by atoms with E-state index in [1.165, 1.54) is 0 Å². The Kier molecular flexibility index (Phi) is 2.92. The number of hydrogen-bond donors (Lipinski definition) is 1. The molecule has 1 aromatic carbocycles. The summed E-state index contributed by atoms with van der Waals surface area (Å²) in [5, 5.41) is 3.12. The van der Waals surface area contributed by atoms with Crippen molar-refractivity contribution in [2.24, 2.45) is 5.41 Å². The molecule has 0 radical (unpaired) electrons. The molecule has 2 rings (SSSR count). The van der Waals surface area contributed by atoms with Crippen LogP contribution in [0.3, 0.4) is 0 Å². The molecule has 1 saturated heterocycles. The first-order valence-corrected chi connectivity index (χ1v) is 5.72. The Bertz CT molecular complexity index is 443. The van der Waals surface area contributed by atoms with Gasteiger partial charge in [0, 0.05) is 6.08 Å². The molecule has 0 aromatic heterocycles. The number of ether oxygens (including phenoxy) is 1. The van der Waals surface area contributed by atoms with E-state index in [0.29, 0.717) is 5.88 Å². The van der Waals surface area contributed by atoms with E-state index in [1.807, 2.05) is 57.2 Å². The zero-order valence-electron chi connectivity index (χ0n) is 10.4. The maximum Gasteiger partial charge on any atom is 0.335 e. The van der Waals surface area contributed by atoms with Crippen molar-refractivity contribution in [3.05, 3.63) is 41.8 Å². The van der Waals surface area contributed by atoms with Crippen LogP contribution in [-0.4, -0.2) is 12.0 Å². The second-order valence-corrected chi connectivity index (χ2v) is 5.28. The van der Waals surface area contributed by atoms with Gasteiger partial charge in [-0.2, -0.15) is 0 Å². The van der Waals surface area contributed by atoms with Gasteiger partial charge in [0.25, 0.3) is 0 Å². The van der Waals surface area contributed by atoms with Gasteiger partial charge in [0.2, 0.25) is 0 Å². The monoisotopic (exact) mass is 231 g/mol. The number of carbonyl (C=O) groups excluding carboxylic acids is 1. The summed E-state index contributed by atoms with van der Waals surface area (Å²) in [5.41, 5.74) is 0.862. The lowest BCUT2D eigenvalue weighted by Gasteiger charge is -2.22. The molecule has 3 heteroatoms. The predicted octanol–water partition coefficient (Wildman–Crippen LogP) is 2.55. The number of benzene rings is 1. The van der Waals surface area contributed by atoms with Crippen molar-refractivity contribution in [2.45, 2.75) is 26.8 Å². The van der Waals surface area contributed by atoms with Crippen LogP contribution in [0, 0.1) is 5.41 Å². The lowest BCUT2D eigenvalue weighted by molar-refractivity contribution is -0.138. The van der Waals surface area contributed by atoms with Crippen LogP contribution in [0.4, 0.5) is 0 Å². The van der Waals surface area contributed by atoms with Crippen molar-refractivity contribution in [1.29, 1.82) is 0 Å². The molecule has 90 valence electrons. The molecule has 1 atom stereocenters. The molecule has 0 bridgehead atoms. The third-order valence-corrected chi connectivity index (χ3v) is 2.70. The molecule has 0 amide bonds. The molecule has 0 saturated carbocycles. The van der Waals surface area contributed by atoms with E-state index < -0.39 is 0 Å². The Hall–Kier alpha value is -1.77. The molecule has 1 heterocycles. The van der Waals surface area contributed by atoms with Crippen molar-refractivity contribution in [3.63, 3.8) is 0 Å². The molecule has 0 spiro atoms. The van der Waals surface area contributed by atoms with Gasteiger partial charge in [-0.15, -0.1) is 0 Å². The third kappa shape index (κ3) is 2.67. The van der Waals surface area contributed by atoms with E-state index >= 15 is 0 Å². The molecule has 3 nitrogen and oxygen atoms in total. The smallest absolute Gasteiger partial charge is 0.335 e. The number of cyclic esters (lactones) is 1. The second-order valence-electron chi connectivity index (χ2n) is 5.28. The SMILES string of the molecule is CC(C)(C)C1N/C(=C\c2ccccc2)OC1=O. The largest absolute Gasteiger partial charge is 0.408 e. The quantitative estimate of drug-likeness (QED) is 0.755. The maximum absolute atomic E-state index is 11.7. The number of nitrogens with one attached hydrogen (secondary N) is 1. The predicted molar refractivity (Wildman–Crippen MR) is 66.9 cm³/mol. The molecular formula is C14H17NO2. The molecule has 0 aliphatic carbocycles. The lowest BCUT2D eigenvalue weighted by atomic mass is 9.87. The molecule has 1 N–H and O–H groups in total. The highest BCUT2D eigenvalue weighted by Crippen LogP contribution is 2.26. The normalized spacial score (nSPS) is 22.4. The van der Waals surface area contributed by atoms with Gasteiger partial charge in [0.15, 0.2) is 5.88 Å². The standard InChI is InChI=1S/C14H17NO2/c1-14(2,3)12-13(16)17-11(15-12)9-10-7-5-4-6-8-10/h4-9,12,15H,1-3H3/b11-9+. The minimum Gasteiger partial charge on any atom is -0.408 e. The summed E-state index contributed by atoms with van der Waals surface area (Å²) >= 11 is 0. The fourth-order valence-corrected chi connectivity index (χ4v) is 1.74. The van der Waals surface area contributed by atoms with Crippen LogP contribution in [0.15, 0.2) is 36.2 Å². The van der Waals surface area contributed by atoms with E-state index in [-0.39, 0.29) is 17.4 Å². The van der Waals surface area contributed by atoms with Crippen molar-refractivity contribution in [1.82, 2.24) is 5.32 Å². The Morgan fingerprint density at radius 1 is 1.24 bits per heavy atom. The van der Waals surface area contributed by atoms with E-state index in [9.17, 15) is 4.79 Å². The average Bonchev–Trinajstić information content (AvgIpc) is 2.60. The van der Waals surface area contributed by atoms with Gasteiger partial charge in [-0.05, 0) is 11.0 Å². The van der Waals surface area contributed by atoms with Crippen LogP contribution >= 0.6 is 0 Å². The van der Waals surface area contributed by atoms with Crippen LogP contribution in [-0.2, 0) is 9.53 Å². The van der Waals surface area contributed by atoms with Crippen molar-refractivity contribution >= 4 is 12.0 Å². The first-order chi connectivity index (χ1) is 7.97. The van der Waals surface area contributed by atoms with Gasteiger partial charge in [-0.3, -0.25) is 0 Å². The van der Waals surface area contributed by atoms with Crippen LogP contribution in [0.1, 0.15) is 26.3 Å². The van der Waals surface area contributed by atoms with Crippen molar-refractivity contribution < 1.29 is 9.53 Å². The molecule has 1 fully saturated rings. The van der Waals surface area contributed by atoms with Crippen molar-refractivity contribution in [3.8, 4) is 0 Å². The number of hydrogen-bond acceptors (Lipinski definition) is 3. The fraction of sp³-hybridized carbons (Fsp3) is 0.357. The van der Waals surface area contributed by atoms with Gasteiger partial charge in [0.1, 0.15) is 6.04 Å². The van der Waals surface area contributed by atoms with Gasteiger partial charge in [0.05, 0.1) is 0 Å². The molecule has 1 aromatic rings. The first-order valence-electron chi connectivity index (χ1n) is 5.72. The minimum absolute atomic E-state index is 0.149. The summed E-state index contributed by atoms with van der Waals surface area (Å²) in [6.45, 7) is 6.03. The van der Waals surface area contributed by atoms with E-state index in [1.54, 1.807) is 0 Å². The summed E-state index contributed by atoms with van der Waals surface area (Å²) in [6, 6.07) is 9.50. The van der Waals surface area contributed by atoms with Crippen LogP contribution in [0.5, 0.6) is 0 Å². The summed E-state index contributed by atoms with van der Waals surface area (Å²) in [5.74, 6) is 0.320. The molecular weight excluding hydrogens is 214 g/mol. The van der Waals surface area contributed by atoms with Gasteiger partial charge in [-0.25, -0.2) is 4.79 Å². The zero-order chi connectivity index (χ0) is 12.5. The van der Waals surface area contributed by atoms with Gasteiger partial charge < -0.3 is 10.1 Å². The van der Waals surface area contributed by atoms with Crippen LogP contribution in [0.25, 0.3) is 6.08 Å². The summed E-state index contributed by atoms with van der Waals surface area (Å²) in [7, 11) is 0. The Morgan fingerprint density at radius 2 is 1.88 bits per heavy atom. The summed E-state index contributed by atoms with van der Waals surface area (Å²) < 4.78 is 5.22. The van der Waals surface area contributed by atoms with E-state index in [4.69, 9.17) is 4.74 Å². The molecule has 1 aliphatic rings. The first kappa shape index (κ1) is 11.7. The Labute approximate surface area is 101 Å². The van der Waals surface area contributed by atoms with Crippen LogP contribution < -0.4 is 5.32 Å². The summed E-state index contributed by atoms with van der Waals surface area (Å²) in [6.07, 6.45) is 1.84. The highest BCUT2D eigenvalue weighted by molar-refractivity contribution is 5.81. The Balaban J connectivity index is 2.17. The molecule has 1 aliphatic heterocycles. The summed E-state index contributed by atoms with van der Waals surface area (Å²) in [4.78, 5) is 11.7. The third-order valence-electron chi connectivity index (χ3n) is 2.70. The van der Waals surface area contributed by atoms with Gasteiger partial charge in [-0.1, -0.05) is 51.1 Å². The lowest BCUT2D eigenvalue weighted by Crippen LogP contribution is -2.39. The average molecular weight is 231 g/mol.